The number of carbonyl (C=O) groups is 2. The molecule has 1 aromatic carbocycles. The summed E-state index contributed by atoms with van der Waals surface area (Å²) in [6.07, 6.45) is 2.47. The van der Waals surface area contributed by atoms with Crippen molar-refractivity contribution in [2.75, 3.05) is 6.61 Å². The molecule has 112 valence electrons. The number of ether oxygens (including phenoxy) is 1. The van der Waals surface area contributed by atoms with Gasteiger partial charge in [0.25, 0.3) is 0 Å². The predicted octanol–water partition coefficient (Wildman–Crippen LogP) is 1.82. The van der Waals surface area contributed by atoms with Crippen molar-refractivity contribution >= 4 is 12.0 Å². The zero-order valence-corrected chi connectivity index (χ0v) is 11.6. The summed E-state index contributed by atoms with van der Waals surface area (Å²) < 4.78 is 5.54. The lowest BCUT2D eigenvalue weighted by atomic mass is 9.77. The van der Waals surface area contributed by atoms with Crippen molar-refractivity contribution in [3.8, 4) is 5.75 Å². The highest BCUT2D eigenvalue weighted by molar-refractivity contribution is 5.87. The summed E-state index contributed by atoms with van der Waals surface area (Å²) in [6.45, 7) is 0.534. The minimum absolute atomic E-state index is 0.152. The summed E-state index contributed by atoms with van der Waals surface area (Å²) in [5.74, 6) is -0.193. The number of hydrogen-bond acceptors (Lipinski definition) is 3. The fourth-order valence-corrected chi connectivity index (χ4v) is 2.83. The normalized spacial score (nSPS) is 22.2. The Morgan fingerprint density at radius 1 is 1.29 bits per heavy atom. The predicted molar refractivity (Wildman–Crippen MR) is 75.2 cm³/mol. The average molecular weight is 290 g/mol. The first-order valence-electron chi connectivity index (χ1n) is 7.14. The number of hydrogen-bond donors (Lipinski definition) is 3. The summed E-state index contributed by atoms with van der Waals surface area (Å²) in [6, 6.07) is 6.97. The maximum absolute atomic E-state index is 12.1. The fraction of sp³-hybridized carbons (Fsp3) is 0.467. The van der Waals surface area contributed by atoms with Crippen molar-refractivity contribution in [1.29, 1.82) is 0 Å². The van der Waals surface area contributed by atoms with Crippen LogP contribution < -0.4 is 15.4 Å². The Hall–Kier alpha value is -2.24. The van der Waals surface area contributed by atoms with E-state index in [9.17, 15) is 14.7 Å². The van der Waals surface area contributed by atoms with Gasteiger partial charge in [-0.3, -0.25) is 0 Å². The summed E-state index contributed by atoms with van der Waals surface area (Å²) in [5.41, 5.74) is -0.161. The van der Waals surface area contributed by atoms with Crippen molar-refractivity contribution in [2.45, 2.75) is 37.3 Å². The van der Waals surface area contributed by atoms with Gasteiger partial charge >= 0.3 is 12.0 Å². The van der Waals surface area contributed by atoms with Gasteiger partial charge in [0.1, 0.15) is 11.3 Å². The third kappa shape index (κ3) is 2.53. The van der Waals surface area contributed by atoms with Crippen LogP contribution in [0, 0.1) is 0 Å². The lowest BCUT2D eigenvalue weighted by Crippen LogP contribution is -2.61. The van der Waals surface area contributed by atoms with Crippen LogP contribution in [0.2, 0.25) is 0 Å². The summed E-state index contributed by atoms with van der Waals surface area (Å²) in [4.78, 5) is 23.4. The number of urea groups is 1. The number of nitrogens with one attached hydrogen (secondary N) is 2. The van der Waals surface area contributed by atoms with Crippen LogP contribution in [0.4, 0.5) is 4.79 Å². The molecule has 0 saturated heterocycles. The molecule has 1 unspecified atom stereocenters. The van der Waals surface area contributed by atoms with Crippen LogP contribution in [0.3, 0.4) is 0 Å². The number of fused-ring (bicyclic) bond motifs is 1. The summed E-state index contributed by atoms with van der Waals surface area (Å²) in [5, 5.41) is 14.7. The van der Waals surface area contributed by atoms with Gasteiger partial charge in [-0.05, 0) is 25.3 Å². The van der Waals surface area contributed by atoms with Gasteiger partial charge < -0.3 is 20.5 Å². The Bertz CT molecular complexity index is 569. The van der Waals surface area contributed by atoms with Gasteiger partial charge in [0, 0.05) is 12.0 Å². The fourth-order valence-electron chi connectivity index (χ4n) is 2.83. The van der Waals surface area contributed by atoms with Crippen LogP contribution in [-0.2, 0) is 4.79 Å². The quantitative estimate of drug-likeness (QED) is 0.792. The molecule has 6 nitrogen and oxygen atoms in total. The van der Waals surface area contributed by atoms with Crippen molar-refractivity contribution in [3.63, 3.8) is 0 Å². The molecule has 2 amide bonds. The van der Waals surface area contributed by atoms with Gasteiger partial charge in [-0.25, -0.2) is 9.59 Å². The van der Waals surface area contributed by atoms with Crippen LogP contribution in [0.25, 0.3) is 0 Å². The van der Waals surface area contributed by atoms with E-state index in [0.717, 1.165) is 17.7 Å². The number of aliphatic carboxylic acids is 1. The highest BCUT2D eigenvalue weighted by atomic mass is 16.5. The molecule has 3 N–H and O–H groups in total. The second-order valence-corrected chi connectivity index (χ2v) is 5.57. The number of amides is 2. The third-order valence-corrected chi connectivity index (χ3v) is 4.23. The lowest BCUT2D eigenvalue weighted by molar-refractivity contribution is -0.148. The number of rotatable bonds is 3. The maximum atomic E-state index is 12.1. The summed E-state index contributed by atoms with van der Waals surface area (Å²) in [7, 11) is 0. The second kappa shape index (κ2) is 5.27. The van der Waals surface area contributed by atoms with E-state index in [1.54, 1.807) is 0 Å². The van der Waals surface area contributed by atoms with E-state index in [1.807, 2.05) is 24.3 Å². The van der Waals surface area contributed by atoms with E-state index in [1.165, 1.54) is 0 Å². The van der Waals surface area contributed by atoms with E-state index in [-0.39, 0.29) is 6.04 Å². The highest BCUT2D eigenvalue weighted by Crippen LogP contribution is 2.33. The molecule has 2 aliphatic rings. The Balaban J connectivity index is 1.67. The number of benzene rings is 1. The zero-order valence-electron chi connectivity index (χ0n) is 11.6. The molecule has 3 rings (SSSR count). The van der Waals surface area contributed by atoms with Gasteiger partial charge in [-0.15, -0.1) is 0 Å². The molecule has 6 heteroatoms. The van der Waals surface area contributed by atoms with Crippen molar-refractivity contribution in [1.82, 2.24) is 10.6 Å². The molecule has 0 aromatic heterocycles. The SMILES string of the molecule is O=C(NC1CCOc2ccccc21)NC1(C(=O)O)CCC1. The summed E-state index contributed by atoms with van der Waals surface area (Å²) >= 11 is 0. The molecule has 1 heterocycles. The number of carboxylic acids is 1. The Morgan fingerprint density at radius 3 is 2.71 bits per heavy atom. The molecule has 1 aromatic rings. The second-order valence-electron chi connectivity index (χ2n) is 5.57. The average Bonchev–Trinajstić information content (AvgIpc) is 2.43. The molecule has 0 spiro atoms. The monoisotopic (exact) mass is 290 g/mol. The van der Waals surface area contributed by atoms with E-state index in [2.05, 4.69) is 10.6 Å². The molecular weight excluding hydrogens is 272 g/mol. The molecular formula is C15H18N2O4. The molecule has 1 saturated carbocycles. The zero-order chi connectivity index (χ0) is 14.9. The van der Waals surface area contributed by atoms with Crippen LogP contribution in [0.1, 0.15) is 37.3 Å². The van der Waals surface area contributed by atoms with Gasteiger partial charge in [0.2, 0.25) is 0 Å². The Morgan fingerprint density at radius 2 is 2.05 bits per heavy atom. The molecule has 0 radical (unpaired) electrons. The van der Waals surface area contributed by atoms with Crippen molar-refractivity contribution in [2.24, 2.45) is 0 Å². The Kier molecular flexibility index (Phi) is 3.45. The third-order valence-electron chi connectivity index (χ3n) is 4.23. The number of carbonyl (C=O) groups excluding carboxylic acids is 1. The van der Waals surface area contributed by atoms with E-state index in [4.69, 9.17) is 4.74 Å². The van der Waals surface area contributed by atoms with Gasteiger partial charge in [-0.1, -0.05) is 18.2 Å². The molecule has 1 aliphatic carbocycles. The van der Waals surface area contributed by atoms with Crippen LogP contribution >= 0.6 is 0 Å². The van der Waals surface area contributed by atoms with Gasteiger partial charge in [-0.2, -0.15) is 0 Å². The van der Waals surface area contributed by atoms with E-state index < -0.39 is 17.5 Å². The molecule has 21 heavy (non-hydrogen) atoms. The molecule has 1 atom stereocenters. The first-order chi connectivity index (χ1) is 10.1. The lowest BCUT2D eigenvalue weighted by Gasteiger charge is -2.38. The topological polar surface area (TPSA) is 87.7 Å². The van der Waals surface area contributed by atoms with Gasteiger partial charge in [0.05, 0.1) is 12.6 Å². The first kappa shape index (κ1) is 13.7. The Labute approximate surface area is 122 Å². The molecule has 1 aliphatic heterocycles. The minimum atomic E-state index is -1.09. The number of carboxylic acid groups (broad SMARTS) is 1. The largest absolute Gasteiger partial charge is 0.493 e. The smallest absolute Gasteiger partial charge is 0.329 e. The van der Waals surface area contributed by atoms with Crippen LogP contribution in [-0.4, -0.2) is 29.3 Å². The number of para-hydroxylation sites is 1. The van der Waals surface area contributed by atoms with Crippen LogP contribution in [0.5, 0.6) is 5.75 Å². The van der Waals surface area contributed by atoms with E-state index in [0.29, 0.717) is 25.9 Å². The minimum Gasteiger partial charge on any atom is -0.493 e. The molecule has 1 fully saturated rings. The standard InChI is InChI=1S/C15H18N2O4/c18-13(19)15(7-3-8-15)17-14(20)16-11-6-9-21-12-5-2-1-4-10(11)12/h1-2,4-5,11H,3,6-9H2,(H,18,19)(H2,16,17,20). The van der Waals surface area contributed by atoms with Gasteiger partial charge in [0.15, 0.2) is 0 Å². The highest BCUT2D eigenvalue weighted by Gasteiger charge is 2.46. The van der Waals surface area contributed by atoms with Crippen molar-refractivity contribution in [3.05, 3.63) is 29.8 Å². The maximum Gasteiger partial charge on any atom is 0.329 e. The molecule has 0 bridgehead atoms. The van der Waals surface area contributed by atoms with E-state index >= 15 is 0 Å². The first-order valence-corrected chi connectivity index (χ1v) is 7.14. The van der Waals surface area contributed by atoms with Crippen LogP contribution in [0.15, 0.2) is 24.3 Å². The van der Waals surface area contributed by atoms with Crippen molar-refractivity contribution < 1.29 is 19.4 Å².